The van der Waals surface area contributed by atoms with E-state index in [2.05, 4.69) is 15.6 Å². The van der Waals surface area contributed by atoms with Gasteiger partial charge in [-0.1, -0.05) is 158 Å². The topological polar surface area (TPSA) is 313 Å². The Kier molecular flexibility index (Phi) is 42.8. The number of benzene rings is 5. The molecule has 3 fully saturated rings. The van der Waals surface area contributed by atoms with E-state index < -0.39 is 43.8 Å². The van der Waals surface area contributed by atoms with E-state index in [-0.39, 0.29) is 47.3 Å². The number of rotatable bonds is 14. The summed E-state index contributed by atoms with van der Waals surface area (Å²) in [4.78, 5) is 76.7. The third-order valence-corrected chi connectivity index (χ3v) is 16.8. The Bertz CT molecular complexity index is 3070. The van der Waals surface area contributed by atoms with Crippen molar-refractivity contribution in [3.05, 3.63) is 115 Å². The standard InChI is InChI=1S/2C16H18O2.C12H22O3.C12H16O2.C7H14O2.C7H12.C2H5NO.C2H4O2.CH5NO2S.CH4O/c2*1-4-16(2,3)15(17)18-14-11-7-9-12-8-5-6-10-13(12)14;1-4-12(2,3)11(14)15-10-8-6-5-7-9(10)13;1-4-12(2,3)11(13)14-10-8-6-5-7-9-10;1-5-7(2,3)6(8)9-4;1-2-7-4-3-6(1)5-7;2*1-2(3)4;1-5(2,3)4;1-2/h2*5-11H,4H2,1-3H3;9-10,13H,4-8H2,1-3H3;5-9H,4H2,1-3H3;5H2,1-4H3;6-7H,1-5H2;1H3,(H2,3,4);1H3,(H,3,4);1H3,(H2,2,3,4);2H,1H3. The molecule has 540 valence electrons. The van der Waals surface area contributed by atoms with Gasteiger partial charge in [0.1, 0.15) is 23.4 Å². The van der Waals surface area contributed by atoms with Crippen LogP contribution in [0.3, 0.4) is 0 Å². The summed E-state index contributed by atoms with van der Waals surface area (Å²) in [6.07, 6.45) is 15.5. The first-order valence-corrected chi connectivity index (χ1v) is 35.1. The number of carboxylic acids is 1. The number of aliphatic hydroxyl groups excluding tert-OH is 2. The Morgan fingerprint density at radius 1 is 0.479 bits per heavy atom. The van der Waals surface area contributed by atoms with Gasteiger partial charge in [-0.3, -0.25) is 33.6 Å². The summed E-state index contributed by atoms with van der Waals surface area (Å²) in [5.74, 6) is 2.21. The molecule has 3 aliphatic rings. The highest BCUT2D eigenvalue weighted by Gasteiger charge is 2.34. The van der Waals surface area contributed by atoms with Crippen LogP contribution in [0.4, 0.5) is 0 Å². The van der Waals surface area contributed by atoms with Crippen molar-refractivity contribution in [3.63, 3.8) is 0 Å². The van der Waals surface area contributed by atoms with Crippen molar-refractivity contribution >= 4 is 73.3 Å². The molecule has 5 aromatic carbocycles. The summed E-state index contributed by atoms with van der Waals surface area (Å²) in [7, 11) is -0.750. The summed E-state index contributed by atoms with van der Waals surface area (Å²) in [5.41, 5.74) is 2.43. The molecule has 96 heavy (non-hydrogen) atoms. The average molecular weight is 1360 g/mol. The Morgan fingerprint density at radius 2 is 0.771 bits per heavy atom. The molecule has 1 amide bonds. The van der Waals surface area contributed by atoms with Crippen LogP contribution in [0, 0.1) is 38.9 Å². The van der Waals surface area contributed by atoms with Crippen LogP contribution < -0.4 is 25.1 Å². The van der Waals surface area contributed by atoms with E-state index in [1.54, 1.807) is 44.2 Å². The highest BCUT2D eigenvalue weighted by atomic mass is 32.2. The molecule has 2 bridgehead atoms. The first-order chi connectivity index (χ1) is 44.6. The van der Waals surface area contributed by atoms with Crippen molar-refractivity contribution in [2.75, 3.05) is 20.5 Å². The number of esters is 5. The fourth-order valence-electron chi connectivity index (χ4n) is 8.46. The van der Waals surface area contributed by atoms with Crippen molar-refractivity contribution in [2.45, 2.75) is 220 Å². The summed E-state index contributed by atoms with van der Waals surface area (Å²) in [6.45, 7) is 31.2. The Balaban J connectivity index is 0. The van der Waals surface area contributed by atoms with Gasteiger partial charge in [0.15, 0.2) is 0 Å². The second-order valence-electron chi connectivity index (χ2n) is 27.0. The lowest BCUT2D eigenvalue weighted by atomic mass is 9.89. The molecule has 8 rings (SSSR count). The average Bonchev–Trinajstić information content (AvgIpc) is 1.09. The van der Waals surface area contributed by atoms with Gasteiger partial charge in [0.05, 0.1) is 46.5 Å². The number of sulfonamides is 1. The molecule has 3 aliphatic carbocycles. The van der Waals surface area contributed by atoms with Crippen LogP contribution in [-0.4, -0.2) is 98.1 Å². The zero-order valence-corrected chi connectivity index (χ0v) is 62.1. The molecule has 0 aromatic heterocycles. The van der Waals surface area contributed by atoms with Crippen molar-refractivity contribution in [1.82, 2.24) is 0 Å². The molecule has 2 atom stereocenters. The molecule has 0 radical (unpaired) electrons. The van der Waals surface area contributed by atoms with Gasteiger partial charge < -0.3 is 44.7 Å². The predicted octanol–water partition coefficient (Wildman–Crippen LogP) is 15.5. The maximum absolute atomic E-state index is 12.1. The Hall–Kier alpha value is -7.26. The summed E-state index contributed by atoms with van der Waals surface area (Å²) < 4.78 is 45.1. The molecule has 5 aromatic rings. The number of carbonyl (C=O) groups excluding carboxylic acids is 6. The number of methoxy groups -OCH3 is 1. The molecule has 20 heteroatoms. The number of nitrogens with two attached hydrogens (primary N) is 2. The zero-order valence-electron chi connectivity index (χ0n) is 61.3. The minimum atomic E-state index is -3.17. The molecule has 0 saturated heterocycles. The number of carboxylic acid groups (broad SMARTS) is 1. The second kappa shape index (κ2) is 45.3. The van der Waals surface area contributed by atoms with Crippen LogP contribution in [0.5, 0.6) is 17.2 Å². The van der Waals surface area contributed by atoms with Crippen molar-refractivity contribution in [2.24, 2.45) is 49.8 Å². The number of aliphatic hydroxyl groups is 2. The normalized spacial score (nSPS) is 15.9. The number of ether oxygens (including phenoxy) is 5. The summed E-state index contributed by atoms with van der Waals surface area (Å²) >= 11 is 0. The molecule has 7 N–H and O–H groups in total. The quantitative estimate of drug-likeness (QED) is 0.0509. The highest BCUT2D eigenvalue weighted by Crippen LogP contribution is 2.44. The summed E-state index contributed by atoms with van der Waals surface area (Å²) in [6, 6.07) is 36.5. The predicted molar refractivity (Wildman–Crippen MR) is 383 cm³/mol. The largest absolute Gasteiger partial charge is 0.481 e. The third-order valence-electron chi connectivity index (χ3n) is 16.8. The zero-order chi connectivity index (χ0) is 74.3. The number of para-hydroxylation sites is 1. The molecule has 2 unspecified atom stereocenters. The Morgan fingerprint density at radius 3 is 1.07 bits per heavy atom. The van der Waals surface area contributed by atoms with Gasteiger partial charge in [-0.25, -0.2) is 13.6 Å². The second-order valence-corrected chi connectivity index (χ2v) is 28.7. The minimum absolute atomic E-state index is 0.134. The van der Waals surface area contributed by atoms with Crippen molar-refractivity contribution in [3.8, 4) is 17.2 Å². The number of primary sulfonamides is 1. The van der Waals surface area contributed by atoms with E-state index in [9.17, 15) is 42.3 Å². The number of hydrogen-bond acceptors (Lipinski definition) is 16. The van der Waals surface area contributed by atoms with Crippen molar-refractivity contribution in [1.29, 1.82) is 0 Å². The van der Waals surface area contributed by atoms with E-state index >= 15 is 0 Å². The van der Waals surface area contributed by atoms with Crippen LogP contribution >= 0.6 is 0 Å². The van der Waals surface area contributed by atoms with Crippen molar-refractivity contribution < 1.29 is 81.0 Å². The van der Waals surface area contributed by atoms with Gasteiger partial charge in [-0.2, -0.15) is 0 Å². The van der Waals surface area contributed by atoms with Gasteiger partial charge in [0.25, 0.3) is 5.97 Å². The van der Waals surface area contributed by atoms with Gasteiger partial charge in [0.2, 0.25) is 15.9 Å². The Labute approximate surface area is 574 Å². The number of primary amides is 1. The van der Waals surface area contributed by atoms with Crippen LogP contribution in [0.15, 0.2) is 115 Å². The molecule has 3 saturated carbocycles. The lowest BCUT2D eigenvalue weighted by Gasteiger charge is -2.30. The lowest BCUT2D eigenvalue weighted by Crippen LogP contribution is -2.38. The number of aliphatic carboxylic acids is 1. The smallest absolute Gasteiger partial charge is 0.316 e. The van der Waals surface area contributed by atoms with E-state index in [0.717, 1.165) is 99.6 Å². The van der Waals surface area contributed by atoms with Crippen LogP contribution in [0.25, 0.3) is 21.5 Å². The van der Waals surface area contributed by atoms with Gasteiger partial charge in [-0.05, 0) is 174 Å². The van der Waals surface area contributed by atoms with E-state index in [1.165, 1.54) is 25.9 Å². The first-order valence-electron chi connectivity index (χ1n) is 33.1. The number of fused-ring (bicyclic) bond motifs is 4. The molecule has 0 heterocycles. The number of hydrogen-bond donors (Lipinski definition) is 5. The molecule has 0 aliphatic heterocycles. The molecule has 19 nitrogen and oxygen atoms in total. The summed E-state index contributed by atoms with van der Waals surface area (Å²) in [5, 5.41) is 32.5. The first kappa shape index (κ1) is 90.8. The number of carbonyl (C=O) groups is 7. The molecule has 0 spiro atoms. The van der Waals surface area contributed by atoms with Crippen LogP contribution in [-0.2, 0) is 53.1 Å². The third kappa shape index (κ3) is 37.3. The molecular formula is C76H118N2O17S. The van der Waals surface area contributed by atoms with E-state index in [0.29, 0.717) is 17.2 Å². The fourth-order valence-corrected chi connectivity index (χ4v) is 8.46. The lowest BCUT2D eigenvalue weighted by molar-refractivity contribution is -0.168. The maximum Gasteiger partial charge on any atom is 0.316 e. The highest BCUT2D eigenvalue weighted by molar-refractivity contribution is 7.88. The fraction of sp³-hybridized carbons (Fsp3) is 0.566. The van der Waals surface area contributed by atoms with Gasteiger partial charge >= 0.3 is 29.8 Å². The van der Waals surface area contributed by atoms with Gasteiger partial charge in [0, 0.05) is 31.7 Å². The maximum atomic E-state index is 12.1. The van der Waals surface area contributed by atoms with Crippen LogP contribution in [0.2, 0.25) is 0 Å². The monoisotopic (exact) mass is 1360 g/mol. The van der Waals surface area contributed by atoms with E-state index in [4.69, 9.17) is 34.0 Å². The molecular weight excluding hydrogens is 1240 g/mol. The minimum Gasteiger partial charge on any atom is -0.481 e. The van der Waals surface area contributed by atoms with Crippen LogP contribution in [0.1, 0.15) is 208 Å². The number of amides is 1. The van der Waals surface area contributed by atoms with E-state index in [1.807, 2.05) is 207 Å². The van der Waals surface area contributed by atoms with Gasteiger partial charge in [-0.15, -0.1) is 0 Å². The SMILES string of the molecule is C1CC2CCC1C2.CC(=O)O.CC(N)=O.CCC(C)(C)C(=O)OC.CCC(C)(C)C(=O)OC1CCCCC1O.CCC(C)(C)C(=O)Oc1cccc2ccccc12.CCC(C)(C)C(=O)Oc1cccc2ccccc12.CCC(C)(C)C(=O)Oc1ccccc1.CO.CS(N)(=O)=O.